The third kappa shape index (κ3) is 3.51. The van der Waals surface area contributed by atoms with Crippen LogP contribution in [0.4, 0.5) is 0 Å². The van der Waals surface area contributed by atoms with E-state index in [1.165, 1.54) is 12.8 Å². The first-order valence-electron chi connectivity index (χ1n) is 9.34. The maximum absolute atomic E-state index is 13.0. The lowest BCUT2D eigenvalue weighted by Gasteiger charge is -2.17. The lowest BCUT2D eigenvalue weighted by molar-refractivity contribution is 0.0737. The number of aryl methyl sites for hydroxylation is 2. The maximum Gasteiger partial charge on any atom is 0.259 e. The summed E-state index contributed by atoms with van der Waals surface area (Å²) >= 11 is 0. The molecule has 4 rings (SSSR count). The van der Waals surface area contributed by atoms with Crippen LogP contribution in [0.25, 0.3) is 0 Å². The van der Waals surface area contributed by atoms with Crippen LogP contribution >= 0.6 is 0 Å². The van der Waals surface area contributed by atoms with Crippen LogP contribution in [-0.4, -0.2) is 47.3 Å². The van der Waals surface area contributed by atoms with Gasteiger partial charge in [0, 0.05) is 43.4 Å². The standard InChI is InChI=1S/C20H25N3O3/c1-13-19(14(2)26-22-13)20(24)23-9-16(12-25-11-15-6-7-15)17(10-23)18-5-3-4-8-21-18/h3-5,8,15-17H,6-7,9-12H2,1-2H3/t16-,17+/m0/s1. The second-order valence-corrected chi connectivity index (χ2v) is 7.51. The number of hydrogen-bond donors (Lipinski definition) is 0. The Labute approximate surface area is 153 Å². The molecule has 0 spiro atoms. The number of amides is 1. The zero-order valence-electron chi connectivity index (χ0n) is 15.4. The third-order valence-electron chi connectivity index (χ3n) is 5.43. The molecule has 26 heavy (non-hydrogen) atoms. The highest BCUT2D eigenvalue weighted by atomic mass is 16.5. The molecule has 1 aliphatic heterocycles. The summed E-state index contributed by atoms with van der Waals surface area (Å²) in [6.07, 6.45) is 4.38. The van der Waals surface area contributed by atoms with Crippen LogP contribution in [0, 0.1) is 25.7 Å². The van der Waals surface area contributed by atoms with Crippen LogP contribution in [0.2, 0.25) is 0 Å². The highest BCUT2D eigenvalue weighted by Gasteiger charge is 2.39. The molecule has 1 saturated heterocycles. The fraction of sp³-hybridized carbons (Fsp3) is 0.550. The summed E-state index contributed by atoms with van der Waals surface area (Å²) < 4.78 is 11.1. The van der Waals surface area contributed by atoms with Gasteiger partial charge >= 0.3 is 0 Å². The first kappa shape index (κ1) is 17.2. The van der Waals surface area contributed by atoms with Crippen molar-refractivity contribution < 1.29 is 14.1 Å². The number of rotatable bonds is 6. The fourth-order valence-corrected chi connectivity index (χ4v) is 3.75. The molecule has 0 N–H and O–H groups in total. The van der Waals surface area contributed by atoms with E-state index < -0.39 is 0 Å². The Balaban J connectivity index is 1.51. The average Bonchev–Trinajstić information content (AvgIpc) is 3.28. The number of likely N-dealkylation sites (tertiary alicyclic amines) is 1. The molecule has 1 aliphatic carbocycles. The molecule has 3 heterocycles. The van der Waals surface area contributed by atoms with Crippen LogP contribution in [0.15, 0.2) is 28.9 Å². The third-order valence-corrected chi connectivity index (χ3v) is 5.43. The summed E-state index contributed by atoms with van der Waals surface area (Å²) in [5.74, 6) is 1.76. The van der Waals surface area contributed by atoms with Gasteiger partial charge in [0.1, 0.15) is 11.3 Å². The normalized spacial score (nSPS) is 22.8. The Morgan fingerprint density at radius 1 is 1.27 bits per heavy atom. The van der Waals surface area contributed by atoms with E-state index in [2.05, 4.69) is 10.1 Å². The largest absolute Gasteiger partial charge is 0.381 e. The van der Waals surface area contributed by atoms with E-state index in [-0.39, 0.29) is 17.7 Å². The first-order valence-corrected chi connectivity index (χ1v) is 9.34. The van der Waals surface area contributed by atoms with E-state index in [4.69, 9.17) is 9.26 Å². The predicted octanol–water partition coefficient (Wildman–Crippen LogP) is 2.97. The second-order valence-electron chi connectivity index (χ2n) is 7.51. The molecular formula is C20H25N3O3. The molecule has 6 nitrogen and oxygen atoms in total. The van der Waals surface area contributed by atoms with Gasteiger partial charge < -0.3 is 14.2 Å². The van der Waals surface area contributed by atoms with Gasteiger partial charge in [-0.2, -0.15) is 0 Å². The predicted molar refractivity (Wildman–Crippen MR) is 95.9 cm³/mol. The minimum Gasteiger partial charge on any atom is -0.381 e. The van der Waals surface area contributed by atoms with Crippen molar-refractivity contribution in [2.45, 2.75) is 32.6 Å². The minimum absolute atomic E-state index is 0.00752. The lowest BCUT2D eigenvalue weighted by Crippen LogP contribution is -2.30. The highest BCUT2D eigenvalue weighted by molar-refractivity contribution is 5.96. The molecule has 0 unspecified atom stereocenters. The monoisotopic (exact) mass is 355 g/mol. The maximum atomic E-state index is 13.0. The Kier molecular flexibility index (Phi) is 4.76. The van der Waals surface area contributed by atoms with Crippen molar-refractivity contribution >= 4 is 5.91 Å². The van der Waals surface area contributed by atoms with Gasteiger partial charge in [0.25, 0.3) is 5.91 Å². The van der Waals surface area contributed by atoms with Crippen LogP contribution in [0.1, 0.15) is 46.3 Å². The van der Waals surface area contributed by atoms with Crippen molar-refractivity contribution in [1.82, 2.24) is 15.0 Å². The topological polar surface area (TPSA) is 68.5 Å². The van der Waals surface area contributed by atoms with Gasteiger partial charge in [-0.15, -0.1) is 0 Å². The van der Waals surface area contributed by atoms with Gasteiger partial charge in [-0.3, -0.25) is 9.78 Å². The number of pyridine rings is 1. The Bertz CT molecular complexity index is 750. The summed E-state index contributed by atoms with van der Waals surface area (Å²) in [5, 5.41) is 3.92. The zero-order chi connectivity index (χ0) is 18.1. The molecule has 0 bridgehead atoms. The summed E-state index contributed by atoms with van der Waals surface area (Å²) in [4.78, 5) is 19.5. The molecule has 0 radical (unpaired) electrons. The molecule has 2 fully saturated rings. The van der Waals surface area contributed by atoms with Crippen LogP contribution in [-0.2, 0) is 4.74 Å². The molecule has 1 saturated carbocycles. The van der Waals surface area contributed by atoms with Gasteiger partial charge in [-0.25, -0.2) is 0 Å². The van der Waals surface area contributed by atoms with Crippen LogP contribution < -0.4 is 0 Å². The Morgan fingerprint density at radius 3 is 2.77 bits per heavy atom. The van der Waals surface area contributed by atoms with Gasteiger partial charge in [-0.05, 0) is 44.7 Å². The molecule has 2 aromatic rings. The number of aromatic nitrogens is 2. The Hall–Kier alpha value is -2.21. The van der Waals surface area contributed by atoms with E-state index in [0.717, 1.165) is 18.2 Å². The molecule has 2 aromatic heterocycles. The van der Waals surface area contributed by atoms with E-state index in [1.807, 2.05) is 36.2 Å². The van der Waals surface area contributed by atoms with Gasteiger partial charge in [0.2, 0.25) is 0 Å². The van der Waals surface area contributed by atoms with E-state index in [0.29, 0.717) is 36.7 Å². The van der Waals surface area contributed by atoms with E-state index in [9.17, 15) is 4.79 Å². The number of nitrogens with zero attached hydrogens (tertiary/aromatic N) is 3. The smallest absolute Gasteiger partial charge is 0.259 e. The minimum atomic E-state index is -0.00752. The van der Waals surface area contributed by atoms with E-state index >= 15 is 0 Å². The fourth-order valence-electron chi connectivity index (χ4n) is 3.75. The molecule has 6 heteroatoms. The molecule has 2 atom stereocenters. The van der Waals surface area contributed by atoms with Crippen molar-refractivity contribution in [3.63, 3.8) is 0 Å². The summed E-state index contributed by atoms with van der Waals surface area (Å²) in [6, 6.07) is 5.97. The van der Waals surface area contributed by atoms with Gasteiger partial charge in [0.05, 0.1) is 12.3 Å². The number of carbonyl (C=O) groups excluding carboxylic acids is 1. The molecule has 0 aromatic carbocycles. The van der Waals surface area contributed by atoms with Gasteiger partial charge in [-0.1, -0.05) is 11.2 Å². The second kappa shape index (κ2) is 7.19. The van der Waals surface area contributed by atoms with Crippen molar-refractivity contribution in [3.8, 4) is 0 Å². The Morgan fingerprint density at radius 2 is 2.12 bits per heavy atom. The number of carbonyl (C=O) groups is 1. The number of hydrogen-bond acceptors (Lipinski definition) is 5. The first-order chi connectivity index (χ1) is 12.6. The average molecular weight is 355 g/mol. The zero-order valence-corrected chi connectivity index (χ0v) is 15.4. The SMILES string of the molecule is Cc1noc(C)c1C(=O)N1C[C@@H](COCC2CC2)[C@H](c2ccccn2)C1. The van der Waals surface area contributed by atoms with Crippen molar-refractivity contribution in [3.05, 3.63) is 47.1 Å². The van der Waals surface area contributed by atoms with Crippen molar-refractivity contribution in [2.24, 2.45) is 11.8 Å². The lowest BCUT2D eigenvalue weighted by atomic mass is 9.93. The quantitative estimate of drug-likeness (QED) is 0.797. The van der Waals surface area contributed by atoms with Gasteiger partial charge in [0.15, 0.2) is 0 Å². The molecule has 2 aliphatic rings. The van der Waals surface area contributed by atoms with E-state index in [1.54, 1.807) is 6.92 Å². The highest BCUT2D eigenvalue weighted by Crippen LogP contribution is 2.34. The molecule has 138 valence electrons. The molecular weight excluding hydrogens is 330 g/mol. The van der Waals surface area contributed by atoms with Crippen molar-refractivity contribution in [2.75, 3.05) is 26.3 Å². The van der Waals surface area contributed by atoms with Crippen molar-refractivity contribution in [1.29, 1.82) is 0 Å². The van der Waals surface area contributed by atoms with Crippen LogP contribution in [0.3, 0.4) is 0 Å². The molecule has 1 amide bonds. The summed E-state index contributed by atoms with van der Waals surface area (Å²) in [7, 11) is 0. The number of ether oxygens (including phenoxy) is 1. The summed E-state index contributed by atoms with van der Waals surface area (Å²) in [6.45, 7) is 6.43. The van der Waals surface area contributed by atoms with Crippen LogP contribution in [0.5, 0.6) is 0 Å². The summed E-state index contributed by atoms with van der Waals surface area (Å²) in [5.41, 5.74) is 2.27.